The summed E-state index contributed by atoms with van der Waals surface area (Å²) in [6, 6.07) is 0. The molecule has 0 amide bonds. The largest absolute Gasteiger partial charge is 0.690 e. The molecule has 0 heterocycles. The van der Waals surface area contributed by atoms with E-state index in [2.05, 4.69) is 9.53 Å². The quantitative estimate of drug-likeness (QED) is 0.0833. The Bertz CT molecular complexity index is 216. The minimum atomic E-state index is -1.28. The summed E-state index contributed by atoms with van der Waals surface area (Å²) >= 11 is 0. The van der Waals surface area contributed by atoms with Gasteiger partial charge in [0, 0.05) is 0 Å². The first kappa shape index (κ1) is 8.25. The number of methoxy groups -OCH3 is 1. The van der Waals surface area contributed by atoms with Gasteiger partial charge in [-0.05, 0) is 0 Å². The topological polar surface area (TPSA) is 106 Å². The molecule has 0 aromatic heterocycles. The third-order valence-electron chi connectivity index (χ3n) is 0.636. The van der Waals surface area contributed by atoms with Crippen LogP contribution in [-0.2, 0) is 9.53 Å². The van der Waals surface area contributed by atoms with E-state index in [1.807, 2.05) is 0 Å². The van der Waals surface area contributed by atoms with E-state index in [4.69, 9.17) is 5.53 Å². The van der Waals surface area contributed by atoms with E-state index < -0.39 is 16.7 Å². The zero-order chi connectivity index (χ0) is 8.15. The second-order valence-corrected chi connectivity index (χ2v) is 1.17. The van der Waals surface area contributed by atoms with Crippen LogP contribution in [0, 0.1) is 10.1 Å². The van der Waals surface area contributed by atoms with Gasteiger partial charge >= 0.3 is 11.8 Å². The Morgan fingerprint density at radius 2 is 2.30 bits per heavy atom. The van der Waals surface area contributed by atoms with Gasteiger partial charge in [0.25, 0.3) is 0 Å². The molecule has 0 aliphatic heterocycles. The normalized spacial score (nSPS) is 7.70. The Kier molecular flexibility index (Phi) is 2.73. The minimum absolute atomic E-state index is 0.941. The highest BCUT2D eigenvalue weighted by Crippen LogP contribution is 1.78. The molecule has 7 heteroatoms. The molecule has 0 aliphatic rings. The van der Waals surface area contributed by atoms with Crippen molar-refractivity contribution >= 4 is 11.8 Å². The van der Waals surface area contributed by atoms with Crippen molar-refractivity contribution < 1.29 is 19.2 Å². The molecule has 0 aliphatic carbocycles. The molecule has 0 fully saturated rings. The third-order valence-corrected chi connectivity index (χ3v) is 0.636. The highest BCUT2D eigenvalue weighted by atomic mass is 16.6. The van der Waals surface area contributed by atoms with Crippen LogP contribution >= 0.6 is 0 Å². The van der Waals surface area contributed by atoms with Crippen LogP contribution in [0.15, 0.2) is 0 Å². The van der Waals surface area contributed by atoms with Gasteiger partial charge in [0.2, 0.25) is 0 Å². The van der Waals surface area contributed by atoms with Crippen LogP contribution in [0.5, 0.6) is 0 Å². The van der Waals surface area contributed by atoms with Crippen molar-refractivity contribution in [3.05, 3.63) is 15.6 Å². The van der Waals surface area contributed by atoms with Crippen molar-refractivity contribution in [1.29, 1.82) is 0 Å². The number of carbonyl (C=O) groups is 1. The predicted octanol–water partition coefficient (Wildman–Crippen LogP) is -0.936. The maximum absolute atomic E-state index is 10.2. The maximum Gasteiger partial charge on any atom is 0.690 e. The summed E-state index contributed by atoms with van der Waals surface area (Å²) in [5, 5.41) is 9.74. The molecule has 0 unspecified atom stereocenters. The number of nitro groups is 1. The highest BCUT2D eigenvalue weighted by molar-refractivity contribution is 6.28. The molecule has 0 saturated heterocycles. The number of amidine groups is 1. The fourth-order valence-corrected chi connectivity index (χ4v) is 0.243. The molecule has 0 bridgehead atoms. The molecule has 0 spiro atoms. The number of nitrogens with zero attached hydrogens (tertiary/aromatic N) is 3. The maximum atomic E-state index is 10.2. The molecule has 0 aromatic rings. The molecule has 0 atom stereocenters. The number of carbonyl (C=O) groups excluding carboxylic acids is 1. The van der Waals surface area contributed by atoms with Crippen LogP contribution in [0.3, 0.4) is 0 Å². The number of rotatable bonds is 0. The summed E-state index contributed by atoms with van der Waals surface area (Å²) in [6.45, 7) is 0. The molecular weight excluding hydrogens is 142 g/mol. The van der Waals surface area contributed by atoms with Crippen LogP contribution in [-0.4, -0.2) is 28.6 Å². The lowest BCUT2D eigenvalue weighted by atomic mass is 10.6. The van der Waals surface area contributed by atoms with E-state index >= 15 is 0 Å². The first-order chi connectivity index (χ1) is 4.63. The Morgan fingerprint density at radius 1 is 1.80 bits per heavy atom. The van der Waals surface area contributed by atoms with Crippen molar-refractivity contribution in [2.45, 2.75) is 0 Å². The van der Waals surface area contributed by atoms with Gasteiger partial charge in [-0.1, -0.05) is 4.79 Å². The monoisotopic (exact) mass is 145 g/mol. The fraction of sp³-hybridized carbons (Fsp3) is 0.333. The summed E-state index contributed by atoms with van der Waals surface area (Å²) in [6.07, 6.45) is 0. The average molecular weight is 145 g/mol. The summed E-state index contributed by atoms with van der Waals surface area (Å²) in [7, 11) is 0.941. The number of ether oxygens (including phenoxy) is 1. The molecule has 0 aromatic carbocycles. The van der Waals surface area contributed by atoms with E-state index in [1.54, 1.807) is 0 Å². The van der Waals surface area contributed by atoms with Crippen molar-refractivity contribution in [2.75, 3.05) is 7.11 Å². The molecule has 54 valence electrons. The van der Waals surface area contributed by atoms with Gasteiger partial charge < -0.3 is 10.3 Å². The molecule has 0 rings (SSSR count). The van der Waals surface area contributed by atoms with E-state index in [0.717, 1.165) is 7.11 Å². The first-order valence-electron chi connectivity index (χ1n) is 2.08. The molecule has 7 nitrogen and oxygen atoms in total. The van der Waals surface area contributed by atoms with Gasteiger partial charge in [-0.25, -0.2) is 4.79 Å². The molecule has 0 radical (unpaired) electrons. The van der Waals surface area contributed by atoms with Crippen LogP contribution in [0.4, 0.5) is 0 Å². The summed E-state index contributed by atoms with van der Waals surface area (Å²) in [4.78, 5) is 20.9. The Morgan fingerprint density at radius 3 is 2.40 bits per heavy atom. The average Bonchev–Trinajstić information content (AvgIpc) is 1.88. The lowest BCUT2D eigenvalue weighted by molar-refractivity contribution is -0.383. The zero-order valence-electron chi connectivity index (χ0n) is 4.97. The number of hydrogen-bond acceptors (Lipinski definition) is 4. The van der Waals surface area contributed by atoms with E-state index in [1.165, 1.54) is 0 Å². The lowest BCUT2D eigenvalue weighted by Gasteiger charge is -1.83. The smallest absolute Gasteiger partial charge is 0.455 e. The molecule has 0 N–H and O–H groups in total. The van der Waals surface area contributed by atoms with E-state index in [0.29, 0.717) is 0 Å². The Labute approximate surface area is 55.0 Å². The van der Waals surface area contributed by atoms with Crippen molar-refractivity contribution in [1.82, 2.24) is 0 Å². The molecule has 0 saturated carbocycles. The van der Waals surface area contributed by atoms with Crippen molar-refractivity contribution in [2.24, 2.45) is 0 Å². The van der Waals surface area contributed by atoms with E-state index in [9.17, 15) is 14.9 Å². The zero-order valence-corrected chi connectivity index (χ0v) is 4.97. The lowest BCUT2D eigenvalue weighted by Crippen LogP contribution is -2.25. The van der Waals surface area contributed by atoms with Gasteiger partial charge in [0.05, 0.1) is 7.11 Å². The summed E-state index contributed by atoms with van der Waals surface area (Å²) in [5.41, 5.74) is 7.84. The number of esters is 1. The predicted molar refractivity (Wildman–Crippen MR) is 27.6 cm³/mol. The van der Waals surface area contributed by atoms with E-state index in [-0.39, 0.29) is 0 Å². The highest BCUT2D eigenvalue weighted by Gasteiger charge is 2.35. The molecule has 10 heavy (non-hydrogen) atoms. The van der Waals surface area contributed by atoms with Crippen molar-refractivity contribution in [3.63, 3.8) is 0 Å². The third kappa shape index (κ3) is 1.64. The minimum Gasteiger partial charge on any atom is -0.455 e. The van der Waals surface area contributed by atoms with Crippen LogP contribution in [0.25, 0.3) is 5.53 Å². The van der Waals surface area contributed by atoms with Gasteiger partial charge in [-0.15, -0.1) is 0 Å². The van der Waals surface area contributed by atoms with Crippen LogP contribution in [0.1, 0.15) is 0 Å². The standard InChI is InChI=1S/C3H3N3O4/c1-10-3(7)2(5-4)6(8)9/h1H3. The fourth-order valence-electron chi connectivity index (χ4n) is 0.243. The van der Waals surface area contributed by atoms with Gasteiger partial charge in [0.15, 0.2) is 4.92 Å². The van der Waals surface area contributed by atoms with Gasteiger partial charge in [-0.3, -0.25) is 10.1 Å². The SMILES string of the molecule is COC(=O)C(=[N+]=[N-])[N+](=O)[O-]. The second kappa shape index (κ2) is 3.31. The van der Waals surface area contributed by atoms with Crippen LogP contribution in [0.2, 0.25) is 0 Å². The van der Waals surface area contributed by atoms with Crippen molar-refractivity contribution in [3.8, 4) is 0 Å². The van der Waals surface area contributed by atoms with Gasteiger partial charge in [-0.2, -0.15) is 0 Å². The Hall–Kier alpha value is -1.75. The Balaban J connectivity index is 4.56. The van der Waals surface area contributed by atoms with Gasteiger partial charge in [0.1, 0.15) is 0 Å². The summed E-state index contributed by atoms with van der Waals surface area (Å²) in [5.74, 6) is -2.52. The van der Waals surface area contributed by atoms with Crippen LogP contribution < -0.4 is 0 Å². The summed E-state index contributed by atoms with van der Waals surface area (Å²) < 4.78 is 3.89. The molecular formula is C3H3N3O4. The first-order valence-corrected chi connectivity index (χ1v) is 2.08. The number of hydrogen-bond donors (Lipinski definition) is 0. The second-order valence-electron chi connectivity index (χ2n) is 1.17.